The molecule has 0 bridgehead atoms. The number of carbonyl (C=O) groups excluding carboxylic acids is 1. The van der Waals surface area contributed by atoms with Gasteiger partial charge < -0.3 is 4.74 Å². The molecule has 0 aromatic rings. The van der Waals surface area contributed by atoms with Crippen LogP contribution in [0.3, 0.4) is 0 Å². The van der Waals surface area contributed by atoms with Crippen LogP contribution in [0.15, 0.2) is 36.0 Å². The predicted octanol–water partition coefficient (Wildman–Crippen LogP) is 4.19. The molecule has 0 fully saturated rings. The average Bonchev–Trinajstić information content (AvgIpc) is 2.35. The first kappa shape index (κ1) is 14.7. The van der Waals surface area contributed by atoms with Crippen LogP contribution in [0.1, 0.15) is 46.0 Å². The van der Waals surface area contributed by atoms with E-state index in [1.165, 1.54) is 30.1 Å². The van der Waals surface area contributed by atoms with Gasteiger partial charge in [0.05, 0.1) is 6.61 Å². The molecule has 0 aromatic heterocycles. The van der Waals surface area contributed by atoms with E-state index in [2.05, 4.69) is 19.6 Å². The smallest absolute Gasteiger partial charge is 0.330 e. The molecule has 0 saturated carbocycles. The van der Waals surface area contributed by atoms with E-state index in [1.807, 2.05) is 13.0 Å². The van der Waals surface area contributed by atoms with Gasteiger partial charge in [-0.2, -0.15) is 0 Å². The lowest BCUT2D eigenvalue weighted by atomic mass is 9.84. The van der Waals surface area contributed by atoms with Crippen LogP contribution in [0.4, 0.5) is 0 Å². The standard InChI is InChI=1S/C16H24O2/c1-4-18-16(17)8-6-5-7-14-9-11-15(12-10-14)13(2)3/h6,8-9,15H,2,4-5,7,10-12H2,1,3H3/b8-6+/t15-/m0/s1. The monoisotopic (exact) mass is 248 g/mol. The normalized spacial score (nSPS) is 19.7. The third kappa shape index (κ3) is 5.35. The molecule has 2 heteroatoms. The van der Waals surface area contributed by atoms with Crippen LogP contribution in [0, 0.1) is 5.92 Å². The minimum Gasteiger partial charge on any atom is -0.463 e. The lowest BCUT2D eigenvalue weighted by Gasteiger charge is -2.21. The molecule has 0 spiro atoms. The van der Waals surface area contributed by atoms with E-state index in [4.69, 9.17) is 4.74 Å². The van der Waals surface area contributed by atoms with Gasteiger partial charge in [-0.1, -0.05) is 29.9 Å². The summed E-state index contributed by atoms with van der Waals surface area (Å²) >= 11 is 0. The number of hydrogen-bond donors (Lipinski definition) is 0. The van der Waals surface area contributed by atoms with Gasteiger partial charge in [0.1, 0.15) is 0 Å². The molecule has 1 rings (SSSR count). The third-order valence-electron chi connectivity index (χ3n) is 3.37. The van der Waals surface area contributed by atoms with Gasteiger partial charge >= 0.3 is 5.97 Å². The zero-order valence-electron chi connectivity index (χ0n) is 11.6. The van der Waals surface area contributed by atoms with Gasteiger partial charge in [0.2, 0.25) is 0 Å². The van der Waals surface area contributed by atoms with Gasteiger partial charge in [0.15, 0.2) is 0 Å². The van der Waals surface area contributed by atoms with Crippen molar-refractivity contribution in [1.82, 2.24) is 0 Å². The van der Waals surface area contributed by atoms with Crippen molar-refractivity contribution >= 4 is 5.97 Å². The van der Waals surface area contributed by atoms with Crippen molar-refractivity contribution < 1.29 is 9.53 Å². The van der Waals surface area contributed by atoms with Crippen LogP contribution in [0.5, 0.6) is 0 Å². The molecule has 1 aliphatic carbocycles. The predicted molar refractivity (Wildman–Crippen MR) is 75.2 cm³/mol. The minimum absolute atomic E-state index is 0.238. The summed E-state index contributed by atoms with van der Waals surface area (Å²) in [4.78, 5) is 11.1. The van der Waals surface area contributed by atoms with Crippen molar-refractivity contribution in [2.75, 3.05) is 6.61 Å². The van der Waals surface area contributed by atoms with Gasteiger partial charge in [-0.25, -0.2) is 4.79 Å². The van der Waals surface area contributed by atoms with E-state index in [-0.39, 0.29) is 5.97 Å². The maximum absolute atomic E-state index is 11.1. The molecule has 0 unspecified atom stereocenters. The molecule has 0 aromatic carbocycles. The van der Waals surface area contributed by atoms with E-state index >= 15 is 0 Å². The summed E-state index contributed by atoms with van der Waals surface area (Å²) in [6.07, 6.45) is 11.3. The second-order valence-electron chi connectivity index (χ2n) is 4.87. The zero-order chi connectivity index (χ0) is 13.4. The molecule has 0 aliphatic heterocycles. The Bertz CT molecular complexity index is 350. The van der Waals surface area contributed by atoms with Crippen molar-refractivity contribution in [3.8, 4) is 0 Å². The summed E-state index contributed by atoms with van der Waals surface area (Å²) in [6, 6.07) is 0. The van der Waals surface area contributed by atoms with Crippen LogP contribution in [-0.4, -0.2) is 12.6 Å². The zero-order valence-corrected chi connectivity index (χ0v) is 11.6. The highest BCUT2D eigenvalue weighted by atomic mass is 16.5. The van der Waals surface area contributed by atoms with E-state index in [9.17, 15) is 4.79 Å². The van der Waals surface area contributed by atoms with E-state index in [0.29, 0.717) is 12.5 Å². The van der Waals surface area contributed by atoms with Crippen LogP contribution < -0.4 is 0 Å². The van der Waals surface area contributed by atoms with Gasteiger partial charge in [0.25, 0.3) is 0 Å². The highest BCUT2D eigenvalue weighted by Gasteiger charge is 2.14. The third-order valence-corrected chi connectivity index (χ3v) is 3.37. The van der Waals surface area contributed by atoms with Crippen LogP contribution >= 0.6 is 0 Å². The first-order valence-corrected chi connectivity index (χ1v) is 6.80. The molecule has 0 heterocycles. The average molecular weight is 248 g/mol. The van der Waals surface area contributed by atoms with Gasteiger partial charge in [-0.05, 0) is 51.9 Å². The number of allylic oxidation sites excluding steroid dienone is 4. The summed E-state index contributed by atoms with van der Waals surface area (Å²) in [5, 5.41) is 0. The number of esters is 1. The van der Waals surface area contributed by atoms with Crippen LogP contribution in [-0.2, 0) is 9.53 Å². The fourth-order valence-corrected chi connectivity index (χ4v) is 2.20. The van der Waals surface area contributed by atoms with Crippen molar-refractivity contribution in [2.24, 2.45) is 5.92 Å². The quantitative estimate of drug-likeness (QED) is 0.400. The molecule has 0 N–H and O–H groups in total. The maximum Gasteiger partial charge on any atom is 0.330 e. The first-order chi connectivity index (χ1) is 8.63. The summed E-state index contributed by atoms with van der Waals surface area (Å²) < 4.78 is 4.82. The highest BCUT2D eigenvalue weighted by Crippen LogP contribution is 2.29. The van der Waals surface area contributed by atoms with Crippen molar-refractivity contribution in [3.63, 3.8) is 0 Å². The van der Waals surface area contributed by atoms with Crippen molar-refractivity contribution in [3.05, 3.63) is 36.0 Å². The van der Waals surface area contributed by atoms with E-state index in [0.717, 1.165) is 19.3 Å². The van der Waals surface area contributed by atoms with E-state index in [1.54, 1.807) is 0 Å². The molecule has 1 atom stereocenters. The molecule has 0 saturated heterocycles. The Kier molecular flexibility index (Phi) is 6.48. The van der Waals surface area contributed by atoms with Crippen LogP contribution in [0.2, 0.25) is 0 Å². The Hall–Kier alpha value is -1.31. The Balaban J connectivity index is 2.25. The molecule has 0 radical (unpaired) electrons. The molecule has 0 amide bonds. The second kappa shape index (κ2) is 7.91. The lowest BCUT2D eigenvalue weighted by molar-refractivity contribution is -0.137. The lowest BCUT2D eigenvalue weighted by Crippen LogP contribution is -2.06. The largest absolute Gasteiger partial charge is 0.463 e. The maximum atomic E-state index is 11.1. The van der Waals surface area contributed by atoms with Crippen molar-refractivity contribution in [2.45, 2.75) is 46.0 Å². The summed E-state index contributed by atoms with van der Waals surface area (Å²) in [6.45, 7) is 8.40. The molecule has 18 heavy (non-hydrogen) atoms. The molecule has 2 nitrogen and oxygen atoms in total. The summed E-state index contributed by atoms with van der Waals surface area (Å²) in [7, 11) is 0. The van der Waals surface area contributed by atoms with Gasteiger partial charge in [0, 0.05) is 6.08 Å². The highest BCUT2D eigenvalue weighted by molar-refractivity contribution is 5.81. The Morgan fingerprint density at radius 1 is 1.61 bits per heavy atom. The minimum atomic E-state index is -0.238. The van der Waals surface area contributed by atoms with Crippen LogP contribution in [0.25, 0.3) is 0 Å². The number of carbonyl (C=O) groups is 1. The first-order valence-electron chi connectivity index (χ1n) is 6.80. The Morgan fingerprint density at radius 2 is 2.39 bits per heavy atom. The number of ether oxygens (including phenoxy) is 1. The van der Waals surface area contributed by atoms with Gasteiger partial charge in [-0.15, -0.1) is 0 Å². The fraction of sp³-hybridized carbons (Fsp3) is 0.562. The fourth-order valence-electron chi connectivity index (χ4n) is 2.20. The number of hydrogen-bond acceptors (Lipinski definition) is 2. The topological polar surface area (TPSA) is 26.3 Å². The molecular formula is C16H24O2. The molecule has 100 valence electrons. The number of rotatable bonds is 6. The SMILES string of the molecule is C=C(C)[C@H]1CC=C(CC/C=C/C(=O)OCC)CC1. The Morgan fingerprint density at radius 3 is 2.94 bits per heavy atom. The van der Waals surface area contributed by atoms with Gasteiger partial charge in [-0.3, -0.25) is 0 Å². The molecular weight excluding hydrogens is 224 g/mol. The summed E-state index contributed by atoms with van der Waals surface area (Å²) in [5.74, 6) is 0.432. The second-order valence-corrected chi connectivity index (χ2v) is 4.87. The summed E-state index contributed by atoms with van der Waals surface area (Å²) in [5.41, 5.74) is 2.81. The Labute approximate surface area is 110 Å². The van der Waals surface area contributed by atoms with Crippen molar-refractivity contribution in [1.29, 1.82) is 0 Å². The molecule has 1 aliphatic rings. The van der Waals surface area contributed by atoms with E-state index < -0.39 is 0 Å².